The van der Waals surface area contributed by atoms with Crippen molar-refractivity contribution < 1.29 is 14.3 Å². The Kier molecular flexibility index (Phi) is 5.43. The van der Waals surface area contributed by atoms with Crippen LogP contribution in [0.15, 0.2) is 66.7 Å². The molecule has 0 radical (unpaired) electrons. The van der Waals surface area contributed by atoms with Crippen LogP contribution in [0.4, 0.5) is 11.4 Å². The van der Waals surface area contributed by atoms with E-state index in [1.54, 1.807) is 12.1 Å². The number of amides is 1. The Morgan fingerprint density at radius 2 is 1.91 bits per heavy atom. The lowest BCUT2D eigenvalue weighted by atomic mass is 10.1. The van der Waals surface area contributed by atoms with Crippen molar-refractivity contribution >= 4 is 38.7 Å². The summed E-state index contributed by atoms with van der Waals surface area (Å²) in [4.78, 5) is 13.4. The summed E-state index contributed by atoms with van der Waals surface area (Å²) >= 11 is 1.48. The minimum Gasteiger partial charge on any atom is -0.454 e. The van der Waals surface area contributed by atoms with E-state index in [1.165, 1.54) is 16.9 Å². The van der Waals surface area contributed by atoms with E-state index >= 15 is 0 Å². The van der Waals surface area contributed by atoms with Gasteiger partial charge in [-0.15, -0.1) is 11.3 Å². The largest absolute Gasteiger partial charge is 0.454 e. The van der Waals surface area contributed by atoms with Gasteiger partial charge < -0.3 is 25.8 Å². The molecule has 0 saturated heterocycles. The standard InChI is InChI=1S/C25H23N3O3S/c1-15(27-13-16-6-9-21-22(10-16)31-14-30-21)17-7-8-18-12-24(32-23(18)11-17)25(29)28-20-5-3-2-4-19(20)26/h2-12,15,27H,13-14,26H2,1H3,(H,28,29). The number of thiophene rings is 1. The number of carbonyl (C=O) groups is 1. The average molecular weight is 446 g/mol. The summed E-state index contributed by atoms with van der Waals surface area (Å²) in [7, 11) is 0. The van der Waals surface area contributed by atoms with Crippen LogP contribution in [-0.4, -0.2) is 12.7 Å². The third kappa shape index (κ3) is 4.12. The first-order valence-corrected chi connectivity index (χ1v) is 11.2. The molecule has 0 fully saturated rings. The molecule has 1 aliphatic rings. The number of anilines is 2. The van der Waals surface area contributed by atoms with Crippen LogP contribution < -0.4 is 25.8 Å². The fraction of sp³-hybridized carbons (Fsp3) is 0.160. The van der Waals surface area contributed by atoms with Crippen LogP contribution in [0.3, 0.4) is 0 Å². The molecule has 0 aliphatic carbocycles. The molecule has 5 rings (SSSR count). The summed E-state index contributed by atoms with van der Waals surface area (Å²) in [6.07, 6.45) is 0. The third-order valence-corrected chi connectivity index (χ3v) is 6.62. The minimum atomic E-state index is -0.153. The van der Waals surface area contributed by atoms with Crippen molar-refractivity contribution in [3.63, 3.8) is 0 Å². The second kappa shape index (κ2) is 8.53. The van der Waals surface area contributed by atoms with Crippen LogP contribution in [0.5, 0.6) is 11.5 Å². The van der Waals surface area contributed by atoms with Gasteiger partial charge in [0.05, 0.1) is 16.3 Å². The zero-order valence-corrected chi connectivity index (χ0v) is 18.4. The molecule has 4 aromatic rings. The van der Waals surface area contributed by atoms with Crippen molar-refractivity contribution in [2.45, 2.75) is 19.5 Å². The maximum Gasteiger partial charge on any atom is 0.265 e. The summed E-state index contributed by atoms with van der Waals surface area (Å²) in [5.41, 5.74) is 9.41. The van der Waals surface area contributed by atoms with Crippen molar-refractivity contribution in [1.29, 1.82) is 0 Å². The Labute approximate surface area is 190 Å². The molecule has 2 heterocycles. The van der Waals surface area contributed by atoms with Gasteiger partial charge in [0.1, 0.15) is 0 Å². The van der Waals surface area contributed by atoms with Gasteiger partial charge in [0.15, 0.2) is 11.5 Å². The van der Waals surface area contributed by atoms with E-state index in [0.29, 0.717) is 22.8 Å². The number of nitrogens with one attached hydrogen (secondary N) is 2. The van der Waals surface area contributed by atoms with Gasteiger partial charge in [0.25, 0.3) is 5.91 Å². The van der Waals surface area contributed by atoms with Gasteiger partial charge >= 0.3 is 0 Å². The number of carbonyl (C=O) groups excluding carboxylic acids is 1. The highest BCUT2D eigenvalue weighted by Gasteiger charge is 2.15. The van der Waals surface area contributed by atoms with Crippen LogP contribution in [0.2, 0.25) is 0 Å². The fourth-order valence-corrected chi connectivity index (χ4v) is 4.67. The molecule has 4 N–H and O–H groups in total. The molecule has 7 heteroatoms. The lowest BCUT2D eigenvalue weighted by molar-refractivity contribution is 0.103. The van der Waals surface area contributed by atoms with Crippen molar-refractivity contribution in [3.8, 4) is 11.5 Å². The first-order chi connectivity index (χ1) is 15.6. The molecule has 162 valence electrons. The van der Waals surface area contributed by atoms with Gasteiger partial charge in [-0.05, 0) is 59.8 Å². The number of hydrogen-bond acceptors (Lipinski definition) is 6. The molecule has 1 aliphatic heterocycles. The van der Waals surface area contributed by atoms with Gasteiger partial charge in [-0.25, -0.2) is 0 Å². The molecule has 6 nitrogen and oxygen atoms in total. The highest BCUT2D eigenvalue weighted by Crippen LogP contribution is 2.33. The summed E-state index contributed by atoms with van der Waals surface area (Å²) in [6.45, 7) is 3.13. The summed E-state index contributed by atoms with van der Waals surface area (Å²) in [5, 5.41) is 7.50. The molecule has 1 aromatic heterocycles. The zero-order valence-electron chi connectivity index (χ0n) is 17.6. The van der Waals surface area contributed by atoms with Crippen LogP contribution in [0, 0.1) is 0 Å². The monoisotopic (exact) mass is 445 g/mol. The SMILES string of the molecule is CC(NCc1ccc2c(c1)OCO2)c1ccc2cc(C(=O)Nc3ccccc3N)sc2c1. The third-order valence-electron chi connectivity index (χ3n) is 5.53. The molecule has 1 amide bonds. The maximum absolute atomic E-state index is 12.7. The zero-order chi connectivity index (χ0) is 22.1. The van der Waals surface area contributed by atoms with Gasteiger partial charge in [-0.2, -0.15) is 0 Å². The lowest BCUT2D eigenvalue weighted by Crippen LogP contribution is -2.17. The quantitative estimate of drug-likeness (QED) is 0.350. The average Bonchev–Trinajstić information content (AvgIpc) is 3.45. The molecule has 1 unspecified atom stereocenters. The summed E-state index contributed by atoms with van der Waals surface area (Å²) in [5.74, 6) is 1.43. The first kappa shape index (κ1) is 20.4. The Balaban J connectivity index is 1.28. The van der Waals surface area contributed by atoms with Gasteiger partial charge in [0.2, 0.25) is 6.79 Å². The van der Waals surface area contributed by atoms with E-state index < -0.39 is 0 Å². The molecular weight excluding hydrogens is 422 g/mol. The lowest BCUT2D eigenvalue weighted by Gasteiger charge is -2.14. The summed E-state index contributed by atoms with van der Waals surface area (Å²) in [6, 6.07) is 21.6. The second-order valence-electron chi connectivity index (χ2n) is 7.74. The second-order valence-corrected chi connectivity index (χ2v) is 8.82. The smallest absolute Gasteiger partial charge is 0.265 e. The number of rotatable bonds is 6. The van der Waals surface area contributed by atoms with Gasteiger partial charge in [-0.3, -0.25) is 4.79 Å². The topological polar surface area (TPSA) is 85.6 Å². The molecule has 1 atom stereocenters. The number of nitrogens with two attached hydrogens (primary N) is 1. The molecule has 3 aromatic carbocycles. The fourth-order valence-electron chi connectivity index (χ4n) is 3.66. The van der Waals surface area contributed by atoms with Gasteiger partial charge in [-0.1, -0.05) is 30.3 Å². The first-order valence-electron chi connectivity index (χ1n) is 10.4. The number of nitrogen functional groups attached to an aromatic ring is 1. The van der Waals surface area contributed by atoms with Gasteiger partial charge in [0, 0.05) is 17.3 Å². The Bertz CT molecular complexity index is 1300. The van der Waals surface area contributed by atoms with E-state index in [-0.39, 0.29) is 18.7 Å². The number of benzene rings is 3. The van der Waals surface area contributed by atoms with Crippen molar-refractivity contribution in [2.24, 2.45) is 0 Å². The van der Waals surface area contributed by atoms with Crippen LogP contribution >= 0.6 is 11.3 Å². The van der Waals surface area contributed by atoms with E-state index in [2.05, 4.69) is 35.8 Å². The number of hydrogen-bond donors (Lipinski definition) is 3. The van der Waals surface area contributed by atoms with E-state index in [0.717, 1.165) is 27.1 Å². The number of para-hydroxylation sites is 2. The predicted molar refractivity (Wildman–Crippen MR) is 128 cm³/mol. The maximum atomic E-state index is 12.7. The van der Waals surface area contributed by atoms with E-state index in [1.807, 2.05) is 36.4 Å². The summed E-state index contributed by atoms with van der Waals surface area (Å²) < 4.78 is 11.9. The minimum absolute atomic E-state index is 0.147. The normalized spacial score (nSPS) is 13.3. The Morgan fingerprint density at radius 3 is 2.78 bits per heavy atom. The molecular formula is C25H23N3O3S. The predicted octanol–water partition coefficient (Wildman–Crippen LogP) is 5.32. The molecule has 0 bridgehead atoms. The molecule has 32 heavy (non-hydrogen) atoms. The van der Waals surface area contributed by atoms with Crippen molar-refractivity contribution in [1.82, 2.24) is 5.32 Å². The molecule has 0 saturated carbocycles. The highest BCUT2D eigenvalue weighted by molar-refractivity contribution is 7.20. The Morgan fingerprint density at radius 1 is 1.06 bits per heavy atom. The van der Waals surface area contributed by atoms with E-state index in [4.69, 9.17) is 15.2 Å². The van der Waals surface area contributed by atoms with Crippen LogP contribution in [-0.2, 0) is 6.54 Å². The highest BCUT2D eigenvalue weighted by atomic mass is 32.1. The number of fused-ring (bicyclic) bond motifs is 2. The van der Waals surface area contributed by atoms with Crippen LogP contribution in [0.1, 0.15) is 33.8 Å². The Hall–Kier alpha value is -3.55. The van der Waals surface area contributed by atoms with Crippen molar-refractivity contribution in [2.75, 3.05) is 17.8 Å². The molecule has 0 spiro atoms. The van der Waals surface area contributed by atoms with Crippen LogP contribution in [0.25, 0.3) is 10.1 Å². The number of ether oxygens (including phenoxy) is 2. The van der Waals surface area contributed by atoms with E-state index in [9.17, 15) is 4.79 Å². The van der Waals surface area contributed by atoms with Crippen molar-refractivity contribution in [3.05, 3.63) is 82.7 Å².